The van der Waals surface area contributed by atoms with Crippen molar-refractivity contribution in [3.05, 3.63) is 84.4 Å². The predicted octanol–water partition coefficient (Wildman–Crippen LogP) is 5.20. The molecule has 0 saturated carbocycles. The monoisotopic (exact) mass is 533 g/mol. The van der Waals surface area contributed by atoms with Gasteiger partial charge in [-0.3, -0.25) is 4.79 Å². The van der Waals surface area contributed by atoms with E-state index in [2.05, 4.69) is 5.32 Å². The van der Waals surface area contributed by atoms with E-state index in [4.69, 9.17) is 18.9 Å². The number of nitrogens with one attached hydrogen (secondary N) is 1. The first-order valence-electron chi connectivity index (χ1n) is 13.0. The van der Waals surface area contributed by atoms with Crippen molar-refractivity contribution in [3.8, 4) is 22.6 Å². The number of hydrogen-bond donors (Lipinski definition) is 1. The molecule has 0 radical (unpaired) electrons. The van der Waals surface area contributed by atoms with Crippen molar-refractivity contribution < 1.29 is 33.3 Å². The third-order valence-corrected chi connectivity index (χ3v) is 5.77. The SMILES string of the molecule is CCOC(=O)C(CCOc1ccc(OC(C)(C)C(=O)OCC)cc1)NC(=O)c1ccc(-c2ccccc2)cc1. The Morgan fingerprint density at radius 1 is 0.769 bits per heavy atom. The van der Waals surface area contributed by atoms with E-state index in [1.165, 1.54) is 0 Å². The van der Waals surface area contributed by atoms with Crippen molar-refractivity contribution in [2.75, 3.05) is 19.8 Å². The van der Waals surface area contributed by atoms with Gasteiger partial charge in [0.05, 0.1) is 19.8 Å². The van der Waals surface area contributed by atoms with E-state index in [0.717, 1.165) is 11.1 Å². The van der Waals surface area contributed by atoms with Gasteiger partial charge in [0.2, 0.25) is 0 Å². The molecule has 0 spiro atoms. The molecule has 1 amide bonds. The van der Waals surface area contributed by atoms with Crippen molar-refractivity contribution in [3.63, 3.8) is 0 Å². The fourth-order valence-electron chi connectivity index (χ4n) is 3.72. The molecule has 0 aliphatic carbocycles. The van der Waals surface area contributed by atoms with Crippen LogP contribution in [-0.2, 0) is 19.1 Å². The van der Waals surface area contributed by atoms with Gasteiger partial charge in [0.25, 0.3) is 5.91 Å². The Kier molecular flexibility index (Phi) is 10.5. The molecule has 3 aromatic carbocycles. The Hall–Kier alpha value is -4.33. The molecular formula is C31H35NO7. The Labute approximate surface area is 229 Å². The smallest absolute Gasteiger partial charge is 0.349 e. The number of ether oxygens (including phenoxy) is 4. The summed E-state index contributed by atoms with van der Waals surface area (Å²) in [5, 5.41) is 2.76. The molecule has 0 heterocycles. The molecule has 8 heteroatoms. The maximum Gasteiger partial charge on any atom is 0.349 e. The molecule has 3 rings (SSSR count). The van der Waals surface area contributed by atoms with E-state index < -0.39 is 23.6 Å². The van der Waals surface area contributed by atoms with Crippen LogP contribution < -0.4 is 14.8 Å². The Morgan fingerprint density at radius 3 is 1.97 bits per heavy atom. The number of carbonyl (C=O) groups is 3. The number of benzene rings is 3. The fourth-order valence-corrected chi connectivity index (χ4v) is 3.72. The summed E-state index contributed by atoms with van der Waals surface area (Å²) in [6.07, 6.45) is 0.209. The van der Waals surface area contributed by atoms with E-state index in [1.54, 1.807) is 64.1 Å². The van der Waals surface area contributed by atoms with Gasteiger partial charge < -0.3 is 24.3 Å². The van der Waals surface area contributed by atoms with Crippen LogP contribution in [0.15, 0.2) is 78.9 Å². The average Bonchev–Trinajstić information content (AvgIpc) is 2.94. The third kappa shape index (κ3) is 8.60. The van der Waals surface area contributed by atoms with Crippen LogP contribution in [0.2, 0.25) is 0 Å². The highest BCUT2D eigenvalue weighted by atomic mass is 16.6. The third-order valence-electron chi connectivity index (χ3n) is 5.77. The molecule has 0 bridgehead atoms. The minimum absolute atomic E-state index is 0.158. The summed E-state index contributed by atoms with van der Waals surface area (Å²) in [6, 6.07) is 22.9. The van der Waals surface area contributed by atoms with Crippen LogP contribution in [-0.4, -0.2) is 49.3 Å². The number of esters is 2. The summed E-state index contributed by atoms with van der Waals surface area (Å²) < 4.78 is 21.7. The van der Waals surface area contributed by atoms with Crippen LogP contribution in [0.25, 0.3) is 11.1 Å². The fraction of sp³-hybridized carbons (Fsp3) is 0.323. The lowest BCUT2D eigenvalue weighted by Crippen LogP contribution is -2.42. The molecule has 3 aromatic rings. The molecule has 8 nitrogen and oxygen atoms in total. The van der Waals surface area contributed by atoms with E-state index >= 15 is 0 Å². The zero-order chi connectivity index (χ0) is 28.3. The summed E-state index contributed by atoms with van der Waals surface area (Å²) in [5.74, 6) is -0.333. The summed E-state index contributed by atoms with van der Waals surface area (Å²) in [6.45, 7) is 7.34. The first-order valence-corrected chi connectivity index (χ1v) is 13.0. The number of hydrogen-bond acceptors (Lipinski definition) is 7. The molecule has 0 aliphatic heterocycles. The normalized spacial score (nSPS) is 11.7. The van der Waals surface area contributed by atoms with Gasteiger partial charge in [-0.05, 0) is 75.2 Å². The van der Waals surface area contributed by atoms with E-state index in [-0.39, 0.29) is 32.1 Å². The second-order valence-electron chi connectivity index (χ2n) is 9.16. The standard InChI is InChI=1S/C31H35NO7/c1-5-36-29(34)27(32-28(33)24-14-12-23(13-15-24)22-10-8-7-9-11-22)20-21-38-25-16-18-26(19-17-25)39-31(3,4)30(35)37-6-2/h7-19,27H,5-6,20-21H2,1-4H3,(H,32,33). The number of carbonyl (C=O) groups excluding carboxylic acids is 3. The quantitative estimate of drug-likeness (QED) is 0.301. The lowest BCUT2D eigenvalue weighted by Gasteiger charge is -2.24. The Morgan fingerprint density at radius 2 is 1.36 bits per heavy atom. The van der Waals surface area contributed by atoms with E-state index in [1.807, 2.05) is 42.5 Å². The summed E-state index contributed by atoms with van der Waals surface area (Å²) in [5.41, 5.74) is 1.34. The number of rotatable bonds is 13. The molecule has 0 saturated heterocycles. The van der Waals surface area contributed by atoms with Crippen molar-refractivity contribution in [2.24, 2.45) is 0 Å². The van der Waals surface area contributed by atoms with Crippen LogP contribution in [0.5, 0.6) is 11.5 Å². The zero-order valence-electron chi connectivity index (χ0n) is 22.8. The van der Waals surface area contributed by atoms with Crippen molar-refractivity contribution >= 4 is 17.8 Å². The van der Waals surface area contributed by atoms with Gasteiger partial charge in [-0.1, -0.05) is 42.5 Å². The lowest BCUT2D eigenvalue weighted by molar-refractivity contribution is -0.158. The van der Waals surface area contributed by atoms with Crippen LogP contribution in [0, 0.1) is 0 Å². The molecule has 0 aliphatic rings. The summed E-state index contributed by atoms with van der Waals surface area (Å²) in [7, 11) is 0. The van der Waals surface area contributed by atoms with Gasteiger partial charge in [0, 0.05) is 12.0 Å². The minimum Gasteiger partial charge on any atom is -0.493 e. The van der Waals surface area contributed by atoms with Gasteiger partial charge in [0.1, 0.15) is 17.5 Å². The van der Waals surface area contributed by atoms with Crippen LogP contribution in [0.1, 0.15) is 44.5 Å². The molecule has 39 heavy (non-hydrogen) atoms. The molecule has 1 unspecified atom stereocenters. The highest BCUT2D eigenvalue weighted by molar-refractivity contribution is 5.97. The molecule has 206 valence electrons. The van der Waals surface area contributed by atoms with Gasteiger partial charge in [-0.2, -0.15) is 0 Å². The first kappa shape index (κ1) is 29.2. The lowest BCUT2D eigenvalue weighted by atomic mass is 10.0. The van der Waals surface area contributed by atoms with Crippen LogP contribution in [0.4, 0.5) is 0 Å². The maximum absolute atomic E-state index is 12.9. The Balaban J connectivity index is 1.57. The van der Waals surface area contributed by atoms with Crippen molar-refractivity contribution in [1.82, 2.24) is 5.32 Å². The van der Waals surface area contributed by atoms with Crippen molar-refractivity contribution in [2.45, 2.75) is 45.8 Å². The highest BCUT2D eigenvalue weighted by Crippen LogP contribution is 2.23. The first-order chi connectivity index (χ1) is 18.7. The molecule has 1 atom stereocenters. The topological polar surface area (TPSA) is 100 Å². The van der Waals surface area contributed by atoms with Gasteiger partial charge in [-0.25, -0.2) is 9.59 Å². The highest BCUT2D eigenvalue weighted by Gasteiger charge is 2.31. The zero-order valence-corrected chi connectivity index (χ0v) is 22.8. The largest absolute Gasteiger partial charge is 0.493 e. The maximum atomic E-state index is 12.9. The van der Waals surface area contributed by atoms with Crippen LogP contribution in [0.3, 0.4) is 0 Å². The number of amides is 1. The summed E-state index contributed by atoms with van der Waals surface area (Å²) in [4.78, 5) is 37.4. The molecule has 0 fully saturated rings. The molecular weight excluding hydrogens is 498 g/mol. The van der Waals surface area contributed by atoms with Crippen LogP contribution >= 0.6 is 0 Å². The van der Waals surface area contributed by atoms with Gasteiger partial charge >= 0.3 is 11.9 Å². The average molecular weight is 534 g/mol. The second-order valence-corrected chi connectivity index (χ2v) is 9.16. The van der Waals surface area contributed by atoms with Gasteiger partial charge in [-0.15, -0.1) is 0 Å². The summed E-state index contributed by atoms with van der Waals surface area (Å²) >= 11 is 0. The molecule has 0 aromatic heterocycles. The van der Waals surface area contributed by atoms with Crippen molar-refractivity contribution in [1.29, 1.82) is 0 Å². The Bertz CT molecular complexity index is 1220. The van der Waals surface area contributed by atoms with Gasteiger partial charge in [0.15, 0.2) is 5.60 Å². The van der Waals surface area contributed by atoms with E-state index in [0.29, 0.717) is 17.1 Å². The predicted molar refractivity (Wildman–Crippen MR) is 148 cm³/mol. The second kappa shape index (κ2) is 14.0. The molecule has 1 N–H and O–H groups in total. The minimum atomic E-state index is -1.13. The van der Waals surface area contributed by atoms with E-state index in [9.17, 15) is 14.4 Å².